The number of amides is 2. The Morgan fingerprint density at radius 2 is 2.27 bits per heavy atom. The number of aliphatic hydroxyl groups excluding tert-OH is 1. The third-order valence-electron chi connectivity index (χ3n) is 2.93. The van der Waals surface area contributed by atoms with E-state index in [1.54, 1.807) is 0 Å². The second-order valence-corrected chi connectivity index (χ2v) is 4.19. The van der Waals surface area contributed by atoms with Gasteiger partial charge in [-0.15, -0.1) is 0 Å². The highest BCUT2D eigenvalue weighted by atomic mass is 16.3. The summed E-state index contributed by atoms with van der Waals surface area (Å²) in [5.41, 5.74) is 0. The number of rotatable bonds is 4. The van der Waals surface area contributed by atoms with Gasteiger partial charge < -0.3 is 15.3 Å². The third-order valence-corrected chi connectivity index (χ3v) is 2.93. The molecule has 2 fully saturated rings. The van der Waals surface area contributed by atoms with Gasteiger partial charge in [-0.2, -0.15) is 0 Å². The smallest absolute Gasteiger partial charge is 0.225 e. The van der Waals surface area contributed by atoms with Crippen LogP contribution in [0.3, 0.4) is 0 Å². The maximum atomic E-state index is 11.5. The molecule has 84 valence electrons. The Morgan fingerprint density at radius 1 is 1.53 bits per heavy atom. The first kappa shape index (κ1) is 10.4. The van der Waals surface area contributed by atoms with Gasteiger partial charge in [0.15, 0.2) is 0 Å². The first-order valence-electron chi connectivity index (χ1n) is 5.40. The average molecular weight is 212 g/mol. The zero-order valence-electron chi connectivity index (χ0n) is 8.61. The van der Waals surface area contributed by atoms with Crippen molar-refractivity contribution < 1.29 is 14.7 Å². The van der Waals surface area contributed by atoms with Gasteiger partial charge in [0, 0.05) is 25.6 Å². The van der Waals surface area contributed by atoms with Crippen LogP contribution in [0.25, 0.3) is 0 Å². The number of likely N-dealkylation sites (tertiary alicyclic amines) is 1. The summed E-state index contributed by atoms with van der Waals surface area (Å²) in [5, 5.41) is 11.2. The topological polar surface area (TPSA) is 69.6 Å². The van der Waals surface area contributed by atoms with Crippen LogP contribution in [0.5, 0.6) is 0 Å². The Labute approximate surface area is 88.4 Å². The molecule has 1 saturated heterocycles. The summed E-state index contributed by atoms with van der Waals surface area (Å²) in [5.74, 6) is -0.230. The Kier molecular flexibility index (Phi) is 2.90. The molecule has 2 amide bonds. The second kappa shape index (κ2) is 4.18. The van der Waals surface area contributed by atoms with Crippen LogP contribution in [0.15, 0.2) is 0 Å². The summed E-state index contributed by atoms with van der Waals surface area (Å²) in [6.07, 6.45) is 2.49. The van der Waals surface area contributed by atoms with Crippen molar-refractivity contribution in [3.05, 3.63) is 0 Å². The van der Waals surface area contributed by atoms with Crippen LogP contribution in [0.2, 0.25) is 0 Å². The van der Waals surface area contributed by atoms with Gasteiger partial charge in [0.25, 0.3) is 0 Å². The number of nitrogens with one attached hydrogen (secondary N) is 1. The quantitative estimate of drug-likeness (QED) is 0.635. The van der Waals surface area contributed by atoms with Crippen LogP contribution in [0, 0.1) is 5.92 Å². The monoisotopic (exact) mass is 212 g/mol. The van der Waals surface area contributed by atoms with Crippen molar-refractivity contribution in [2.24, 2.45) is 5.92 Å². The van der Waals surface area contributed by atoms with E-state index < -0.39 is 0 Å². The SMILES string of the molecule is O=C(NCCO)C1CC(=O)N(C2CC2)C1. The van der Waals surface area contributed by atoms with E-state index in [-0.39, 0.29) is 30.9 Å². The molecular formula is C10H16N2O3. The molecule has 2 N–H and O–H groups in total. The van der Waals surface area contributed by atoms with Gasteiger partial charge >= 0.3 is 0 Å². The first-order chi connectivity index (χ1) is 7.22. The molecule has 1 aliphatic carbocycles. The summed E-state index contributed by atoms with van der Waals surface area (Å²) in [4.78, 5) is 24.9. The lowest BCUT2D eigenvalue weighted by atomic mass is 10.1. The van der Waals surface area contributed by atoms with Gasteiger partial charge in [-0.1, -0.05) is 0 Å². The lowest BCUT2D eigenvalue weighted by Crippen LogP contribution is -2.34. The van der Waals surface area contributed by atoms with Crippen molar-refractivity contribution in [3.8, 4) is 0 Å². The van der Waals surface area contributed by atoms with Gasteiger partial charge in [-0.05, 0) is 12.8 Å². The summed E-state index contributed by atoms with van der Waals surface area (Å²) in [6, 6.07) is 0.396. The van der Waals surface area contributed by atoms with E-state index >= 15 is 0 Å². The fourth-order valence-electron chi connectivity index (χ4n) is 1.97. The first-order valence-corrected chi connectivity index (χ1v) is 5.40. The second-order valence-electron chi connectivity index (χ2n) is 4.19. The lowest BCUT2D eigenvalue weighted by Gasteiger charge is -2.15. The molecule has 15 heavy (non-hydrogen) atoms. The lowest BCUT2D eigenvalue weighted by molar-refractivity contribution is -0.129. The van der Waals surface area contributed by atoms with Crippen molar-refractivity contribution in [1.82, 2.24) is 10.2 Å². The normalized spacial score (nSPS) is 25.8. The summed E-state index contributed by atoms with van der Waals surface area (Å²) in [7, 11) is 0. The number of hydrogen-bond acceptors (Lipinski definition) is 3. The fourth-order valence-corrected chi connectivity index (χ4v) is 1.97. The molecule has 0 bridgehead atoms. The molecular weight excluding hydrogens is 196 g/mol. The highest BCUT2D eigenvalue weighted by Crippen LogP contribution is 2.32. The molecule has 2 rings (SSSR count). The van der Waals surface area contributed by atoms with Gasteiger partial charge in [-0.3, -0.25) is 9.59 Å². The highest BCUT2D eigenvalue weighted by Gasteiger charge is 2.41. The molecule has 0 spiro atoms. The average Bonchev–Trinajstić information content (AvgIpc) is 2.99. The number of nitrogens with zero attached hydrogens (tertiary/aromatic N) is 1. The minimum atomic E-state index is -0.218. The van der Waals surface area contributed by atoms with E-state index in [4.69, 9.17) is 5.11 Å². The Hall–Kier alpha value is -1.10. The Balaban J connectivity index is 1.84. The zero-order valence-corrected chi connectivity index (χ0v) is 8.61. The van der Waals surface area contributed by atoms with Gasteiger partial charge in [0.05, 0.1) is 12.5 Å². The van der Waals surface area contributed by atoms with E-state index in [1.165, 1.54) is 0 Å². The molecule has 0 radical (unpaired) electrons. The van der Waals surface area contributed by atoms with Crippen LogP contribution < -0.4 is 5.32 Å². The molecule has 5 nitrogen and oxygen atoms in total. The highest BCUT2D eigenvalue weighted by molar-refractivity contribution is 5.89. The van der Waals surface area contributed by atoms with Crippen molar-refractivity contribution in [2.45, 2.75) is 25.3 Å². The molecule has 5 heteroatoms. The summed E-state index contributed by atoms with van der Waals surface area (Å²) >= 11 is 0. The number of hydrogen-bond donors (Lipinski definition) is 2. The molecule has 2 aliphatic rings. The predicted molar refractivity (Wildman–Crippen MR) is 52.9 cm³/mol. The van der Waals surface area contributed by atoms with E-state index in [1.807, 2.05) is 4.90 Å². The molecule has 1 atom stereocenters. The zero-order chi connectivity index (χ0) is 10.8. The minimum absolute atomic E-state index is 0.0568. The van der Waals surface area contributed by atoms with Gasteiger partial charge in [0.2, 0.25) is 11.8 Å². The number of aliphatic hydroxyl groups is 1. The molecule has 0 aromatic rings. The van der Waals surface area contributed by atoms with Gasteiger partial charge in [-0.25, -0.2) is 0 Å². The van der Waals surface area contributed by atoms with Gasteiger partial charge in [0.1, 0.15) is 0 Å². The van der Waals surface area contributed by atoms with E-state index in [9.17, 15) is 9.59 Å². The van der Waals surface area contributed by atoms with Crippen molar-refractivity contribution in [1.29, 1.82) is 0 Å². The molecule has 1 saturated carbocycles. The van der Waals surface area contributed by atoms with Crippen LogP contribution >= 0.6 is 0 Å². The van der Waals surface area contributed by atoms with Crippen molar-refractivity contribution >= 4 is 11.8 Å². The number of carbonyl (C=O) groups excluding carboxylic acids is 2. The largest absolute Gasteiger partial charge is 0.395 e. The van der Waals surface area contributed by atoms with E-state index in [2.05, 4.69) is 5.32 Å². The van der Waals surface area contributed by atoms with Crippen molar-refractivity contribution in [3.63, 3.8) is 0 Å². The van der Waals surface area contributed by atoms with Crippen LogP contribution in [-0.2, 0) is 9.59 Å². The van der Waals surface area contributed by atoms with Crippen LogP contribution in [0.4, 0.5) is 0 Å². The maximum absolute atomic E-state index is 11.5. The van der Waals surface area contributed by atoms with E-state index in [0.29, 0.717) is 19.0 Å². The molecule has 1 heterocycles. The van der Waals surface area contributed by atoms with Crippen LogP contribution in [-0.4, -0.2) is 47.6 Å². The maximum Gasteiger partial charge on any atom is 0.225 e. The van der Waals surface area contributed by atoms with E-state index in [0.717, 1.165) is 12.8 Å². The summed E-state index contributed by atoms with van der Waals surface area (Å²) in [6.45, 7) is 0.770. The third kappa shape index (κ3) is 2.28. The predicted octanol–water partition coefficient (Wildman–Crippen LogP) is -0.894. The van der Waals surface area contributed by atoms with Crippen LogP contribution in [0.1, 0.15) is 19.3 Å². The fraction of sp³-hybridized carbons (Fsp3) is 0.800. The summed E-state index contributed by atoms with van der Waals surface area (Å²) < 4.78 is 0. The molecule has 0 aromatic carbocycles. The standard InChI is InChI=1S/C10H16N2O3/c13-4-3-11-10(15)7-5-9(14)12(6-7)8-1-2-8/h7-8,13H,1-6H2,(H,11,15). The Morgan fingerprint density at radius 3 is 2.87 bits per heavy atom. The molecule has 0 aromatic heterocycles. The Bertz CT molecular complexity index is 276. The van der Waals surface area contributed by atoms with Crippen molar-refractivity contribution in [2.75, 3.05) is 19.7 Å². The number of carbonyl (C=O) groups is 2. The minimum Gasteiger partial charge on any atom is -0.395 e. The molecule has 1 aliphatic heterocycles. The molecule has 1 unspecified atom stereocenters.